The Morgan fingerprint density at radius 2 is 2.15 bits per heavy atom. The molecule has 8 heteroatoms. The molecule has 20 heavy (non-hydrogen) atoms. The van der Waals surface area contributed by atoms with Gasteiger partial charge >= 0.3 is 12.0 Å². The normalized spacial score (nSPS) is 32.2. The Balaban J connectivity index is 1.94. The van der Waals surface area contributed by atoms with Crippen molar-refractivity contribution in [1.29, 1.82) is 0 Å². The van der Waals surface area contributed by atoms with Crippen molar-refractivity contribution in [2.45, 2.75) is 32.2 Å². The molecule has 2 atom stereocenters. The number of carboxylic acid groups (broad SMARTS) is 1. The smallest absolute Gasteiger partial charge is 0.317 e. The van der Waals surface area contributed by atoms with E-state index in [4.69, 9.17) is 0 Å². The van der Waals surface area contributed by atoms with Crippen LogP contribution in [0, 0.1) is 5.41 Å². The van der Waals surface area contributed by atoms with Gasteiger partial charge < -0.3 is 15.3 Å². The molecule has 2 saturated heterocycles. The number of aliphatic carboxylic acids is 1. The first-order valence-corrected chi connectivity index (χ1v) is 8.59. The summed E-state index contributed by atoms with van der Waals surface area (Å²) in [6.45, 7) is 2.38. The predicted molar refractivity (Wildman–Crippen MR) is 72.1 cm³/mol. The first-order chi connectivity index (χ1) is 9.28. The molecule has 2 aliphatic rings. The Hall–Kier alpha value is -1.31. The number of likely N-dealkylation sites (tertiary alicyclic amines) is 1. The van der Waals surface area contributed by atoms with E-state index in [1.54, 1.807) is 6.92 Å². The van der Waals surface area contributed by atoms with E-state index < -0.39 is 21.2 Å². The molecule has 2 fully saturated rings. The third-order valence-electron chi connectivity index (χ3n) is 4.33. The average molecular weight is 304 g/mol. The zero-order chi connectivity index (χ0) is 15.0. The van der Waals surface area contributed by atoms with E-state index in [-0.39, 0.29) is 30.1 Å². The number of hydrogen-bond donors (Lipinski definition) is 2. The molecule has 2 rings (SSSR count). The van der Waals surface area contributed by atoms with E-state index >= 15 is 0 Å². The van der Waals surface area contributed by atoms with Crippen LogP contribution in [-0.4, -0.2) is 61.1 Å². The summed E-state index contributed by atoms with van der Waals surface area (Å²) in [4.78, 5) is 24.9. The van der Waals surface area contributed by atoms with Crippen molar-refractivity contribution in [3.05, 3.63) is 0 Å². The van der Waals surface area contributed by atoms with E-state index in [1.807, 2.05) is 0 Å². The molecule has 114 valence electrons. The fourth-order valence-corrected chi connectivity index (χ4v) is 4.51. The van der Waals surface area contributed by atoms with Gasteiger partial charge in [-0.2, -0.15) is 0 Å². The highest BCUT2D eigenvalue weighted by Gasteiger charge is 2.45. The van der Waals surface area contributed by atoms with Gasteiger partial charge in [0.15, 0.2) is 9.84 Å². The predicted octanol–water partition coefficient (Wildman–Crippen LogP) is 0.0698. The largest absolute Gasteiger partial charge is 0.481 e. The Bertz CT molecular complexity index is 518. The minimum Gasteiger partial charge on any atom is -0.481 e. The van der Waals surface area contributed by atoms with Crippen molar-refractivity contribution in [2.75, 3.05) is 24.6 Å². The van der Waals surface area contributed by atoms with Crippen LogP contribution in [0.3, 0.4) is 0 Å². The summed E-state index contributed by atoms with van der Waals surface area (Å²) in [5.74, 6) is -0.796. The summed E-state index contributed by atoms with van der Waals surface area (Å²) in [6, 6.07) is -0.711. The summed E-state index contributed by atoms with van der Waals surface area (Å²) in [5, 5.41) is 12.0. The van der Waals surface area contributed by atoms with Crippen LogP contribution in [0.15, 0.2) is 0 Å². The number of amides is 2. The van der Waals surface area contributed by atoms with Gasteiger partial charge in [0.25, 0.3) is 0 Å². The van der Waals surface area contributed by atoms with E-state index in [9.17, 15) is 23.1 Å². The van der Waals surface area contributed by atoms with Crippen LogP contribution in [0.2, 0.25) is 0 Å². The monoisotopic (exact) mass is 304 g/mol. The molecule has 0 bridgehead atoms. The Morgan fingerprint density at radius 1 is 1.45 bits per heavy atom. The van der Waals surface area contributed by atoms with Crippen LogP contribution >= 0.6 is 0 Å². The SMILES string of the molecule is CCC1(C(=O)O)CCN(C(=O)NC2CCS(=O)(=O)C2)C1. The van der Waals surface area contributed by atoms with Crippen LogP contribution in [0.1, 0.15) is 26.2 Å². The number of nitrogens with zero attached hydrogens (tertiary/aromatic N) is 1. The lowest BCUT2D eigenvalue weighted by molar-refractivity contribution is -0.148. The van der Waals surface area contributed by atoms with Crippen molar-refractivity contribution in [2.24, 2.45) is 5.41 Å². The molecule has 7 nitrogen and oxygen atoms in total. The second-order valence-corrected chi connectivity index (χ2v) is 7.89. The molecule has 2 N–H and O–H groups in total. The Morgan fingerprint density at radius 3 is 2.60 bits per heavy atom. The molecule has 0 aliphatic carbocycles. The summed E-state index contributed by atoms with van der Waals surface area (Å²) in [6.07, 6.45) is 1.35. The van der Waals surface area contributed by atoms with E-state index in [1.165, 1.54) is 4.90 Å². The first kappa shape index (κ1) is 15.1. The van der Waals surface area contributed by atoms with E-state index in [0.29, 0.717) is 25.8 Å². The average Bonchev–Trinajstić information content (AvgIpc) is 2.94. The molecule has 2 unspecified atom stereocenters. The topological polar surface area (TPSA) is 104 Å². The minimum absolute atomic E-state index is 0.0234. The second kappa shape index (κ2) is 5.23. The maximum atomic E-state index is 12.1. The molecule has 2 heterocycles. The number of carbonyl (C=O) groups excluding carboxylic acids is 1. The highest BCUT2D eigenvalue weighted by atomic mass is 32.2. The van der Waals surface area contributed by atoms with Crippen molar-refractivity contribution in [3.63, 3.8) is 0 Å². The number of nitrogens with one attached hydrogen (secondary N) is 1. The fourth-order valence-electron chi connectivity index (χ4n) is 2.83. The number of urea groups is 1. The van der Waals surface area contributed by atoms with Gasteiger partial charge in [0.05, 0.1) is 16.9 Å². The zero-order valence-corrected chi connectivity index (χ0v) is 12.3. The van der Waals surface area contributed by atoms with Gasteiger partial charge in [-0.15, -0.1) is 0 Å². The van der Waals surface area contributed by atoms with Crippen LogP contribution < -0.4 is 5.32 Å². The van der Waals surface area contributed by atoms with Gasteiger partial charge in [-0.1, -0.05) is 6.92 Å². The van der Waals surface area contributed by atoms with Gasteiger partial charge in [0.1, 0.15) is 0 Å². The number of carboxylic acids is 1. The summed E-state index contributed by atoms with van der Waals surface area (Å²) in [7, 11) is -3.03. The lowest BCUT2D eigenvalue weighted by atomic mass is 9.84. The zero-order valence-electron chi connectivity index (χ0n) is 11.5. The third-order valence-corrected chi connectivity index (χ3v) is 6.10. The highest BCUT2D eigenvalue weighted by Crippen LogP contribution is 2.34. The van der Waals surface area contributed by atoms with Crippen molar-refractivity contribution in [3.8, 4) is 0 Å². The summed E-state index contributed by atoms with van der Waals surface area (Å²) in [5.41, 5.74) is -0.862. The van der Waals surface area contributed by atoms with E-state index in [0.717, 1.165) is 0 Å². The number of rotatable bonds is 3. The molecule has 0 radical (unpaired) electrons. The molecule has 0 aromatic carbocycles. The molecule has 0 aromatic heterocycles. The highest BCUT2D eigenvalue weighted by molar-refractivity contribution is 7.91. The van der Waals surface area contributed by atoms with Crippen molar-refractivity contribution < 1.29 is 23.1 Å². The van der Waals surface area contributed by atoms with Gasteiger partial charge in [-0.25, -0.2) is 13.2 Å². The molecule has 0 aromatic rings. The summed E-state index contributed by atoms with van der Waals surface area (Å²) >= 11 is 0. The van der Waals surface area contributed by atoms with Crippen LogP contribution in [0.5, 0.6) is 0 Å². The van der Waals surface area contributed by atoms with Crippen molar-refractivity contribution in [1.82, 2.24) is 10.2 Å². The maximum absolute atomic E-state index is 12.1. The molecule has 2 aliphatic heterocycles. The third kappa shape index (κ3) is 2.89. The van der Waals surface area contributed by atoms with Crippen LogP contribution in [-0.2, 0) is 14.6 Å². The molecule has 2 amide bonds. The molecule has 0 spiro atoms. The maximum Gasteiger partial charge on any atom is 0.317 e. The molecular formula is C12H20N2O5S. The minimum atomic E-state index is -3.03. The van der Waals surface area contributed by atoms with Crippen molar-refractivity contribution >= 4 is 21.8 Å². The van der Waals surface area contributed by atoms with E-state index in [2.05, 4.69) is 5.32 Å². The second-order valence-electron chi connectivity index (χ2n) is 5.66. The van der Waals surface area contributed by atoms with Gasteiger partial charge in [0, 0.05) is 19.1 Å². The van der Waals surface area contributed by atoms with Gasteiger partial charge in [0.2, 0.25) is 0 Å². The number of sulfone groups is 1. The Kier molecular flexibility index (Phi) is 3.95. The van der Waals surface area contributed by atoms with Crippen LogP contribution in [0.4, 0.5) is 4.79 Å². The van der Waals surface area contributed by atoms with Gasteiger partial charge in [-0.05, 0) is 19.3 Å². The fraction of sp³-hybridized carbons (Fsp3) is 0.833. The summed E-state index contributed by atoms with van der Waals surface area (Å²) < 4.78 is 22.7. The first-order valence-electron chi connectivity index (χ1n) is 6.77. The standard InChI is InChI=1S/C12H20N2O5S/c1-2-12(10(15)16)4-5-14(8-12)11(17)13-9-3-6-20(18,19)7-9/h9H,2-8H2,1H3,(H,13,17)(H,15,16). The Labute approximate surface area is 118 Å². The molecular weight excluding hydrogens is 284 g/mol. The quantitative estimate of drug-likeness (QED) is 0.768. The lowest BCUT2D eigenvalue weighted by Crippen LogP contribution is -2.45. The number of hydrogen-bond acceptors (Lipinski definition) is 4. The molecule has 0 saturated carbocycles. The van der Waals surface area contributed by atoms with Crippen LogP contribution in [0.25, 0.3) is 0 Å². The van der Waals surface area contributed by atoms with Gasteiger partial charge in [-0.3, -0.25) is 4.79 Å². The number of carbonyl (C=O) groups is 2. The lowest BCUT2D eigenvalue weighted by Gasteiger charge is -2.24.